The minimum atomic E-state index is 0.433. The Morgan fingerprint density at radius 2 is 1.85 bits per heavy atom. The van der Waals surface area contributed by atoms with Crippen molar-refractivity contribution in [3.8, 4) is 21.1 Å². The second-order valence-corrected chi connectivity index (χ2v) is 6.92. The Kier molecular flexibility index (Phi) is 5.18. The van der Waals surface area contributed by atoms with Gasteiger partial charge in [-0.25, -0.2) is 9.97 Å². The SMILES string of the molecule is Clc1nc(-c2cccnc2)sc1-c1cccc(/C=N/Nc2ccccc2)n1. The molecule has 1 aromatic carbocycles. The second-order valence-electron chi connectivity index (χ2n) is 5.56. The van der Waals surface area contributed by atoms with Crippen LogP contribution in [0.1, 0.15) is 5.69 Å². The van der Waals surface area contributed by atoms with Gasteiger partial charge in [-0.15, -0.1) is 11.3 Å². The van der Waals surface area contributed by atoms with E-state index in [1.165, 1.54) is 11.3 Å². The second kappa shape index (κ2) is 8.07. The molecule has 0 spiro atoms. The molecule has 0 atom stereocenters. The molecule has 3 heterocycles. The van der Waals surface area contributed by atoms with E-state index >= 15 is 0 Å². The number of nitrogens with one attached hydrogen (secondary N) is 1. The summed E-state index contributed by atoms with van der Waals surface area (Å²) in [5, 5.41) is 5.48. The topological polar surface area (TPSA) is 63.1 Å². The van der Waals surface area contributed by atoms with Crippen LogP contribution in [-0.2, 0) is 0 Å². The molecule has 0 amide bonds. The fourth-order valence-corrected chi connectivity index (χ4v) is 3.67. The largest absolute Gasteiger partial charge is 0.278 e. The van der Waals surface area contributed by atoms with E-state index in [9.17, 15) is 0 Å². The summed E-state index contributed by atoms with van der Waals surface area (Å²) in [6.45, 7) is 0. The summed E-state index contributed by atoms with van der Waals surface area (Å²) >= 11 is 7.85. The number of pyridine rings is 2. The summed E-state index contributed by atoms with van der Waals surface area (Å²) in [5.74, 6) is 0. The molecule has 0 saturated heterocycles. The molecule has 0 bridgehead atoms. The number of rotatable bonds is 5. The third kappa shape index (κ3) is 4.19. The van der Waals surface area contributed by atoms with Gasteiger partial charge in [0.1, 0.15) is 10.2 Å². The molecule has 0 radical (unpaired) electrons. The minimum Gasteiger partial charge on any atom is -0.278 e. The number of para-hydroxylation sites is 1. The number of nitrogens with zero attached hydrogens (tertiary/aromatic N) is 4. The summed E-state index contributed by atoms with van der Waals surface area (Å²) in [4.78, 5) is 14.0. The lowest BCUT2D eigenvalue weighted by Crippen LogP contribution is -1.93. The average molecular weight is 392 g/mol. The number of hydrazone groups is 1. The van der Waals surface area contributed by atoms with E-state index in [1.807, 2.05) is 60.7 Å². The van der Waals surface area contributed by atoms with E-state index in [0.29, 0.717) is 5.15 Å². The quantitative estimate of drug-likeness (QED) is 0.367. The fraction of sp³-hybridized carbons (Fsp3) is 0. The summed E-state index contributed by atoms with van der Waals surface area (Å²) in [5.41, 5.74) is 6.31. The average Bonchev–Trinajstić information content (AvgIpc) is 3.11. The molecular formula is C20H14ClN5S. The van der Waals surface area contributed by atoms with Crippen molar-refractivity contribution in [2.45, 2.75) is 0 Å². The first-order valence-electron chi connectivity index (χ1n) is 8.18. The Morgan fingerprint density at radius 3 is 2.67 bits per heavy atom. The first-order valence-corrected chi connectivity index (χ1v) is 9.37. The van der Waals surface area contributed by atoms with Crippen LogP contribution in [0.25, 0.3) is 21.1 Å². The maximum atomic E-state index is 6.36. The predicted molar refractivity (Wildman–Crippen MR) is 111 cm³/mol. The Hall–Kier alpha value is -3.09. The lowest BCUT2D eigenvalue weighted by atomic mass is 10.3. The number of hydrogen-bond donors (Lipinski definition) is 1. The molecule has 5 nitrogen and oxygen atoms in total. The first-order chi connectivity index (χ1) is 13.3. The third-order valence-electron chi connectivity index (χ3n) is 3.66. The standard InChI is InChI=1S/C20H14ClN5S/c21-19-18(27-20(25-19)14-6-5-11-22-12-14)17-10-4-9-16(24-17)13-23-26-15-7-2-1-3-8-15/h1-13,26H/b23-13+. The van der Waals surface area contributed by atoms with E-state index in [4.69, 9.17) is 11.6 Å². The highest BCUT2D eigenvalue weighted by Gasteiger charge is 2.14. The summed E-state index contributed by atoms with van der Waals surface area (Å²) in [6, 6.07) is 19.3. The van der Waals surface area contributed by atoms with Gasteiger partial charge >= 0.3 is 0 Å². The van der Waals surface area contributed by atoms with Crippen LogP contribution < -0.4 is 5.43 Å². The zero-order valence-electron chi connectivity index (χ0n) is 14.1. The summed E-state index contributed by atoms with van der Waals surface area (Å²) in [6.07, 6.45) is 5.17. The molecule has 0 aliphatic rings. The lowest BCUT2D eigenvalue weighted by Gasteiger charge is -2.00. The van der Waals surface area contributed by atoms with Crippen molar-refractivity contribution >= 4 is 34.8 Å². The van der Waals surface area contributed by atoms with E-state index in [1.54, 1.807) is 18.6 Å². The maximum absolute atomic E-state index is 6.36. The molecule has 27 heavy (non-hydrogen) atoms. The van der Waals surface area contributed by atoms with E-state index in [0.717, 1.165) is 32.5 Å². The minimum absolute atomic E-state index is 0.433. The Labute approximate surface area is 165 Å². The van der Waals surface area contributed by atoms with Crippen LogP contribution >= 0.6 is 22.9 Å². The van der Waals surface area contributed by atoms with Crippen LogP contribution in [0.4, 0.5) is 5.69 Å². The normalized spacial score (nSPS) is 11.0. The van der Waals surface area contributed by atoms with Crippen molar-refractivity contribution in [2.75, 3.05) is 5.43 Å². The fourth-order valence-electron chi connectivity index (χ4n) is 2.41. The van der Waals surface area contributed by atoms with Crippen LogP contribution in [0.3, 0.4) is 0 Å². The van der Waals surface area contributed by atoms with E-state index in [2.05, 4.69) is 25.5 Å². The molecule has 0 saturated carbocycles. The number of hydrogen-bond acceptors (Lipinski definition) is 6. The molecule has 132 valence electrons. The molecule has 4 rings (SSSR count). The predicted octanol–water partition coefficient (Wildman–Crippen LogP) is 5.37. The van der Waals surface area contributed by atoms with Gasteiger partial charge in [0, 0.05) is 18.0 Å². The highest BCUT2D eigenvalue weighted by Crippen LogP contribution is 2.36. The zero-order chi connectivity index (χ0) is 18.5. The van der Waals surface area contributed by atoms with Crippen LogP contribution in [0, 0.1) is 0 Å². The molecule has 0 aliphatic carbocycles. The Morgan fingerprint density at radius 1 is 0.963 bits per heavy atom. The monoisotopic (exact) mass is 391 g/mol. The van der Waals surface area contributed by atoms with Gasteiger partial charge in [0.2, 0.25) is 0 Å². The number of anilines is 1. The van der Waals surface area contributed by atoms with Gasteiger partial charge in [-0.1, -0.05) is 35.9 Å². The van der Waals surface area contributed by atoms with Gasteiger partial charge in [-0.2, -0.15) is 5.10 Å². The van der Waals surface area contributed by atoms with Crippen molar-refractivity contribution in [3.05, 3.63) is 83.9 Å². The van der Waals surface area contributed by atoms with Crippen molar-refractivity contribution in [3.63, 3.8) is 0 Å². The van der Waals surface area contributed by atoms with Crippen LogP contribution in [0.5, 0.6) is 0 Å². The molecule has 7 heteroatoms. The molecule has 3 aromatic heterocycles. The van der Waals surface area contributed by atoms with Gasteiger partial charge in [-0.05, 0) is 36.4 Å². The van der Waals surface area contributed by atoms with Crippen LogP contribution in [-0.4, -0.2) is 21.2 Å². The van der Waals surface area contributed by atoms with Crippen LogP contribution in [0.15, 0.2) is 78.2 Å². The van der Waals surface area contributed by atoms with Crippen molar-refractivity contribution in [1.29, 1.82) is 0 Å². The lowest BCUT2D eigenvalue weighted by molar-refractivity contribution is 1.28. The van der Waals surface area contributed by atoms with Gasteiger partial charge in [0.05, 0.1) is 28.2 Å². The molecule has 4 aromatic rings. The van der Waals surface area contributed by atoms with Crippen molar-refractivity contribution < 1.29 is 0 Å². The van der Waals surface area contributed by atoms with Crippen molar-refractivity contribution in [1.82, 2.24) is 15.0 Å². The summed E-state index contributed by atoms with van der Waals surface area (Å²) in [7, 11) is 0. The molecule has 1 N–H and O–H groups in total. The maximum Gasteiger partial charge on any atom is 0.150 e. The zero-order valence-corrected chi connectivity index (χ0v) is 15.7. The molecule has 0 aliphatic heterocycles. The Bertz CT molecular complexity index is 1060. The number of halogens is 1. The Balaban J connectivity index is 1.57. The van der Waals surface area contributed by atoms with Gasteiger partial charge < -0.3 is 0 Å². The van der Waals surface area contributed by atoms with Crippen molar-refractivity contribution in [2.24, 2.45) is 5.10 Å². The highest BCUT2D eigenvalue weighted by atomic mass is 35.5. The number of benzene rings is 1. The van der Waals surface area contributed by atoms with Gasteiger partial charge in [0.15, 0.2) is 0 Å². The third-order valence-corrected chi connectivity index (χ3v) is 5.17. The molecule has 0 unspecified atom stereocenters. The van der Waals surface area contributed by atoms with E-state index < -0.39 is 0 Å². The van der Waals surface area contributed by atoms with Crippen LogP contribution in [0.2, 0.25) is 5.15 Å². The first kappa shape index (κ1) is 17.3. The van der Waals surface area contributed by atoms with E-state index in [-0.39, 0.29) is 0 Å². The van der Waals surface area contributed by atoms with Gasteiger partial charge in [-0.3, -0.25) is 10.4 Å². The molecular weight excluding hydrogens is 378 g/mol. The smallest absolute Gasteiger partial charge is 0.150 e. The molecule has 0 fully saturated rings. The number of aromatic nitrogens is 3. The number of thiazole rings is 1. The highest BCUT2D eigenvalue weighted by molar-refractivity contribution is 7.19. The van der Waals surface area contributed by atoms with Gasteiger partial charge in [0.25, 0.3) is 0 Å². The summed E-state index contributed by atoms with van der Waals surface area (Å²) < 4.78 is 0.